The molecular formula is C37H28N2. The molecule has 0 saturated heterocycles. The van der Waals surface area contributed by atoms with Crippen LogP contribution in [0, 0.1) is 0 Å². The summed E-state index contributed by atoms with van der Waals surface area (Å²) in [5.74, 6) is 0. The van der Waals surface area contributed by atoms with Gasteiger partial charge in [-0.05, 0) is 43.3 Å². The van der Waals surface area contributed by atoms with Gasteiger partial charge in [-0.1, -0.05) is 110 Å². The number of nitrogens with zero attached hydrogens (tertiary/aromatic N) is 2. The zero-order chi connectivity index (χ0) is 26.3. The Morgan fingerprint density at radius 2 is 1.00 bits per heavy atom. The van der Waals surface area contributed by atoms with Gasteiger partial charge in [0.1, 0.15) is 0 Å². The van der Waals surface area contributed by atoms with E-state index in [9.17, 15) is 0 Å². The van der Waals surface area contributed by atoms with E-state index in [0.717, 1.165) is 22.5 Å². The van der Waals surface area contributed by atoms with E-state index in [1.54, 1.807) is 0 Å². The minimum atomic E-state index is 1.05. The lowest BCUT2D eigenvalue weighted by Crippen LogP contribution is -2.03. The third-order valence-electron chi connectivity index (χ3n) is 7.64. The predicted octanol–water partition coefficient (Wildman–Crippen LogP) is 10.0. The van der Waals surface area contributed by atoms with Crippen LogP contribution in [0.2, 0.25) is 0 Å². The number of allylic oxidation sites excluding steroid dienone is 5. The Kier molecular flexibility index (Phi) is 5.53. The van der Waals surface area contributed by atoms with Crippen molar-refractivity contribution in [1.82, 2.24) is 9.13 Å². The van der Waals surface area contributed by atoms with Gasteiger partial charge < -0.3 is 9.13 Å². The van der Waals surface area contributed by atoms with Crippen molar-refractivity contribution >= 4 is 54.9 Å². The van der Waals surface area contributed by atoms with Crippen molar-refractivity contribution in [2.24, 2.45) is 0 Å². The maximum Gasteiger partial charge on any atom is 0.0541 e. The van der Waals surface area contributed by atoms with Crippen LogP contribution >= 0.6 is 0 Å². The quantitative estimate of drug-likeness (QED) is 0.208. The van der Waals surface area contributed by atoms with Crippen molar-refractivity contribution in [1.29, 1.82) is 0 Å². The Bertz CT molecular complexity index is 1990. The minimum Gasteiger partial charge on any atom is -0.309 e. The first-order valence-corrected chi connectivity index (χ1v) is 13.4. The number of hydrogen-bond acceptors (Lipinski definition) is 0. The molecule has 0 N–H and O–H groups in total. The van der Waals surface area contributed by atoms with Gasteiger partial charge in [-0.3, -0.25) is 0 Å². The summed E-state index contributed by atoms with van der Waals surface area (Å²) in [6.45, 7) is 6.41. The van der Waals surface area contributed by atoms with Crippen LogP contribution in [0.25, 0.3) is 60.6 Å². The number of rotatable bonds is 5. The van der Waals surface area contributed by atoms with Crippen molar-refractivity contribution < 1.29 is 0 Å². The van der Waals surface area contributed by atoms with Crippen LogP contribution < -0.4 is 0 Å². The Morgan fingerprint density at radius 3 is 1.51 bits per heavy atom. The maximum absolute atomic E-state index is 4.33. The highest BCUT2D eigenvalue weighted by molar-refractivity contribution is 6.13. The Hall–Kier alpha value is -5.08. The standard InChI is InChI=1S/C37H28N2/c1-3-15-26(32(4-2)38-33-21-10-6-17-28(33)29-18-7-11-22-34(29)38)27-16-5-12-23-35(27)39-36-24-13-8-19-30(36)31-20-9-14-25-37(31)39/h3-25H,2H2,1H3/b15-3-,32-26-. The largest absolute Gasteiger partial charge is 0.309 e. The second kappa shape index (κ2) is 9.34. The summed E-state index contributed by atoms with van der Waals surface area (Å²) in [6, 6.07) is 43.3. The van der Waals surface area contributed by atoms with Gasteiger partial charge in [-0.15, -0.1) is 0 Å². The second-order valence-corrected chi connectivity index (χ2v) is 9.76. The molecule has 0 aliphatic heterocycles. The van der Waals surface area contributed by atoms with Crippen molar-refractivity contribution in [3.05, 3.63) is 152 Å². The third kappa shape index (κ3) is 3.49. The fraction of sp³-hybridized carbons (Fsp3) is 0.0270. The molecule has 0 unspecified atom stereocenters. The first-order chi connectivity index (χ1) is 19.3. The number of para-hydroxylation sites is 5. The summed E-state index contributed by atoms with van der Waals surface area (Å²) in [5.41, 5.74) is 9.21. The van der Waals surface area contributed by atoms with E-state index in [2.05, 4.69) is 156 Å². The minimum absolute atomic E-state index is 1.05. The molecule has 2 nitrogen and oxygen atoms in total. The van der Waals surface area contributed by atoms with Crippen molar-refractivity contribution in [2.45, 2.75) is 6.92 Å². The normalized spacial score (nSPS) is 12.6. The van der Waals surface area contributed by atoms with Crippen LogP contribution in [0.1, 0.15) is 12.5 Å². The molecule has 0 aliphatic carbocycles. The van der Waals surface area contributed by atoms with Crippen molar-refractivity contribution in [2.75, 3.05) is 0 Å². The zero-order valence-electron chi connectivity index (χ0n) is 21.9. The molecule has 0 fully saturated rings. The summed E-state index contributed by atoms with van der Waals surface area (Å²) in [7, 11) is 0. The molecule has 2 heteroatoms. The molecule has 7 rings (SSSR count). The molecule has 0 saturated carbocycles. The summed E-state index contributed by atoms with van der Waals surface area (Å²) in [5, 5.41) is 4.99. The van der Waals surface area contributed by atoms with E-state index in [4.69, 9.17) is 0 Å². The van der Waals surface area contributed by atoms with Gasteiger partial charge in [0.05, 0.1) is 33.5 Å². The zero-order valence-corrected chi connectivity index (χ0v) is 21.9. The average Bonchev–Trinajstić information content (AvgIpc) is 3.51. The number of aromatic nitrogens is 2. The molecule has 0 aliphatic rings. The number of benzene rings is 5. The molecule has 186 valence electrons. The molecule has 0 amide bonds. The summed E-state index contributed by atoms with van der Waals surface area (Å²) < 4.78 is 4.76. The summed E-state index contributed by atoms with van der Waals surface area (Å²) >= 11 is 0. The van der Waals surface area contributed by atoms with Gasteiger partial charge in [0.2, 0.25) is 0 Å². The fourth-order valence-corrected chi connectivity index (χ4v) is 6.06. The molecule has 0 radical (unpaired) electrons. The van der Waals surface area contributed by atoms with Crippen LogP contribution in [-0.2, 0) is 0 Å². The van der Waals surface area contributed by atoms with E-state index in [1.165, 1.54) is 43.6 Å². The molecular weight excluding hydrogens is 472 g/mol. The molecule has 39 heavy (non-hydrogen) atoms. The van der Waals surface area contributed by atoms with Gasteiger partial charge >= 0.3 is 0 Å². The Labute approximate surface area is 228 Å². The molecule has 0 spiro atoms. The van der Waals surface area contributed by atoms with Crippen molar-refractivity contribution in [3.63, 3.8) is 0 Å². The van der Waals surface area contributed by atoms with Crippen LogP contribution in [0.4, 0.5) is 0 Å². The van der Waals surface area contributed by atoms with Crippen molar-refractivity contribution in [3.8, 4) is 5.69 Å². The molecule has 2 heterocycles. The van der Waals surface area contributed by atoms with Gasteiger partial charge in [-0.2, -0.15) is 0 Å². The first-order valence-electron chi connectivity index (χ1n) is 13.4. The number of hydrogen-bond donors (Lipinski definition) is 0. The lowest BCUT2D eigenvalue weighted by atomic mass is 9.99. The molecule has 2 aromatic heterocycles. The number of fused-ring (bicyclic) bond motifs is 6. The topological polar surface area (TPSA) is 9.86 Å². The molecule has 0 atom stereocenters. The SMILES string of the molecule is C=C/C(=C(\C=C/C)c1ccccc1-n1c2ccccc2c2ccccc21)n1c2ccccc2c2ccccc21. The van der Waals surface area contributed by atoms with Gasteiger partial charge in [-0.25, -0.2) is 0 Å². The first kappa shape index (κ1) is 23.1. The van der Waals surface area contributed by atoms with Crippen LogP contribution in [0.15, 0.2) is 146 Å². The second-order valence-electron chi connectivity index (χ2n) is 9.76. The highest BCUT2D eigenvalue weighted by atomic mass is 15.0. The smallest absolute Gasteiger partial charge is 0.0541 e. The Morgan fingerprint density at radius 1 is 0.564 bits per heavy atom. The lowest BCUT2D eigenvalue weighted by Gasteiger charge is -2.18. The van der Waals surface area contributed by atoms with Crippen LogP contribution in [0.3, 0.4) is 0 Å². The Balaban J connectivity index is 1.61. The summed E-state index contributed by atoms with van der Waals surface area (Å²) in [4.78, 5) is 0. The van der Waals surface area contributed by atoms with E-state index >= 15 is 0 Å². The van der Waals surface area contributed by atoms with E-state index in [1.807, 2.05) is 6.08 Å². The summed E-state index contributed by atoms with van der Waals surface area (Å²) in [6.07, 6.45) is 6.33. The van der Waals surface area contributed by atoms with Gasteiger partial charge in [0.25, 0.3) is 0 Å². The van der Waals surface area contributed by atoms with Gasteiger partial charge in [0.15, 0.2) is 0 Å². The fourth-order valence-electron chi connectivity index (χ4n) is 6.06. The van der Waals surface area contributed by atoms with E-state index in [0.29, 0.717) is 0 Å². The molecule has 7 aromatic rings. The van der Waals surface area contributed by atoms with Gasteiger partial charge in [0, 0.05) is 32.7 Å². The monoisotopic (exact) mass is 500 g/mol. The van der Waals surface area contributed by atoms with Crippen LogP contribution in [-0.4, -0.2) is 9.13 Å². The third-order valence-corrected chi connectivity index (χ3v) is 7.64. The van der Waals surface area contributed by atoms with Crippen LogP contribution in [0.5, 0.6) is 0 Å². The van der Waals surface area contributed by atoms with E-state index in [-0.39, 0.29) is 0 Å². The molecule has 0 bridgehead atoms. The lowest BCUT2D eigenvalue weighted by molar-refractivity contribution is 1.17. The predicted molar refractivity (Wildman–Crippen MR) is 168 cm³/mol. The highest BCUT2D eigenvalue weighted by Gasteiger charge is 2.19. The maximum atomic E-state index is 4.33. The molecule has 5 aromatic carbocycles. The van der Waals surface area contributed by atoms with E-state index < -0.39 is 0 Å². The highest BCUT2D eigenvalue weighted by Crippen LogP contribution is 2.39. The average molecular weight is 501 g/mol.